The van der Waals surface area contributed by atoms with Gasteiger partial charge in [0.15, 0.2) is 0 Å². The third-order valence-electron chi connectivity index (χ3n) is 5.68. The molecule has 0 saturated carbocycles. The first-order valence-electron chi connectivity index (χ1n) is 10.3. The Bertz CT molecular complexity index is 1290. The zero-order valence-corrected chi connectivity index (χ0v) is 18.1. The number of fused-ring (bicyclic) bond motifs is 1. The van der Waals surface area contributed by atoms with Gasteiger partial charge in [0.1, 0.15) is 23.6 Å². The van der Waals surface area contributed by atoms with Crippen molar-refractivity contribution in [3.63, 3.8) is 0 Å². The van der Waals surface area contributed by atoms with Crippen LogP contribution in [0.2, 0.25) is 0 Å². The molecule has 10 heteroatoms. The normalized spacial score (nSPS) is 15.6. The molecule has 166 valence electrons. The number of nitriles is 1. The Morgan fingerprint density at radius 3 is 2.72 bits per heavy atom. The van der Waals surface area contributed by atoms with Crippen molar-refractivity contribution in [2.75, 3.05) is 13.1 Å². The lowest BCUT2D eigenvalue weighted by Crippen LogP contribution is -2.51. The Balaban J connectivity index is 1.60. The first kappa shape index (κ1) is 21.8. The minimum atomic E-state index is -4.02. The minimum absolute atomic E-state index is 0.0848. The van der Waals surface area contributed by atoms with E-state index in [0.29, 0.717) is 16.6 Å². The molecule has 1 aliphatic heterocycles. The standard InChI is InChI=1S/C22H23N5O4S/c23-15-16-3-2-11-26(16)14-9-20(22(29)27-12-7-17(28)8-13-27)25-32(30,31)21-5-1-4-19-18(21)6-10-24-19/h1-6,10-11,20,24-25H,7-9,12-14H2. The van der Waals surface area contributed by atoms with Gasteiger partial charge in [-0.15, -0.1) is 0 Å². The van der Waals surface area contributed by atoms with Crippen LogP contribution >= 0.6 is 0 Å². The Labute approximate surface area is 185 Å². The number of H-pyrrole nitrogens is 1. The van der Waals surface area contributed by atoms with Crippen molar-refractivity contribution in [1.82, 2.24) is 19.2 Å². The fourth-order valence-electron chi connectivity index (χ4n) is 3.95. The second-order valence-electron chi connectivity index (χ2n) is 7.72. The highest BCUT2D eigenvalue weighted by Crippen LogP contribution is 2.23. The molecule has 9 nitrogen and oxygen atoms in total. The molecule has 3 aromatic rings. The summed E-state index contributed by atoms with van der Waals surface area (Å²) < 4.78 is 30.8. The highest BCUT2D eigenvalue weighted by Gasteiger charge is 2.31. The molecule has 0 bridgehead atoms. The molecule has 2 N–H and O–H groups in total. The number of ketones is 1. The third-order valence-corrected chi connectivity index (χ3v) is 7.21. The Morgan fingerprint density at radius 1 is 1.19 bits per heavy atom. The maximum atomic E-state index is 13.3. The molecule has 32 heavy (non-hydrogen) atoms. The monoisotopic (exact) mass is 453 g/mol. The number of piperidine rings is 1. The fraction of sp³-hybridized carbons (Fsp3) is 0.318. The molecule has 3 heterocycles. The van der Waals surface area contributed by atoms with Crippen LogP contribution in [-0.4, -0.2) is 53.7 Å². The Morgan fingerprint density at radius 2 is 1.97 bits per heavy atom. The van der Waals surface area contributed by atoms with Crippen molar-refractivity contribution in [3.8, 4) is 6.07 Å². The Hall–Kier alpha value is -3.42. The predicted octanol–water partition coefficient (Wildman–Crippen LogP) is 1.77. The molecule has 1 atom stereocenters. The molecule has 1 aromatic carbocycles. The van der Waals surface area contributed by atoms with Crippen LogP contribution < -0.4 is 4.72 Å². The Kier molecular flexibility index (Phi) is 6.12. The number of hydrogen-bond acceptors (Lipinski definition) is 5. The van der Waals surface area contributed by atoms with E-state index >= 15 is 0 Å². The first-order valence-corrected chi connectivity index (χ1v) is 11.8. The van der Waals surface area contributed by atoms with Crippen LogP contribution in [0.25, 0.3) is 10.9 Å². The van der Waals surface area contributed by atoms with E-state index in [1.807, 2.05) is 0 Å². The number of benzene rings is 1. The van der Waals surface area contributed by atoms with Crippen molar-refractivity contribution >= 4 is 32.6 Å². The number of sulfonamides is 1. The topological polar surface area (TPSA) is 128 Å². The number of likely N-dealkylation sites (tertiary alicyclic amines) is 1. The lowest BCUT2D eigenvalue weighted by atomic mass is 10.1. The smallest absolute Gasteiger partial charge is 0.241 e. The average molecular weight is 454 g/mol. The summed E-state index contributed by atoms with van der Waals surface area (Å²) in [5.74, 6) is -0.274. The van der Waals surface area contributed by atoms with E-state index < -0.39 is 16.1 Å². The molecule has 0 spiro atoms. The highest BCUT2D eigenvalue weighted by molar-refractivity contribution is 7.89. The number of nitrogens with one attached hydrogen (secondary N) is 2. The largest absolute Gasteiger partial charge is 0.361 e. The highest BCUT2D eigenvalue weighted by atomic mass is 32.2. The van der Waals surface area contributed by atoms with Gasteiger partial charge >= 0.3 is 0 Å². The molecular weight excluding hydrogens is 430 g/mol. The van der Waals surface area contributed by atoms with Crippen molar-refractivity contribution < 1.29 is 18.0 Å². The number of Topliss-reactive ketones (excluding diaryl/α,β-unsaturated/α-hetero) is 1. The molecule has 0 aliphatic carbocycles. The van der Waals surface area contributed by atoms with Gasteiger partial charge in [-0.05, 0) is 36.8 Å². The van der Waals surface area contributed by atoms with Gasteiger partial charge in [0.05, 0.1) is 4.90 Å². The number of rotatable bonds is 7. The van der Waals surface area contributed by atoms with Crippen LogP contribution in [0, 0.1) is 11.3 Å². The van der Waals surface area contributed by atoms with Crippen LogP contribution in [0.3, 0.4) is 0 Å². The van der Waals surface area contributed by atoms with E-state index in [1.165, 1.54) is 11.0 Å². The maximum absolute atomic E-state index is 13.3. The summed E-state index contributed by atoms with van der Waals surface area (Å²) in [6.07, 6.45) is 4.07. The SMILES string of the molecule is N#Cc1cccn1CCC(NS(=O)(=O)c1cccc2[nH]ccc12)C(=O)N1CCC(=O)CC1. The number of carbonyl (C=O) groups excluding carboxylic acids is 2. The number of hydrogen-bond donors (Lipinski definition) is 2. The van der Waals surface area contributed by atoms with Gasteiger partial charge in [-0.2, -0.15) is 9.98 Å². The lowest BCUT2D eigenvalue weighted by molar-refractivity contribution is -0.136. The van der Waals surface area contributed by atoms with E-state index in [0.717, 1.165) is 0 Å². The quantitative estimate of drug-likeness (QED) is 0.563. The second-order valence-corrected chi connectivity index (χ2v) is 9.40. The van der Waals surface area contributed by atoms with Gasteiger partial charge in [-0.3, -0.25) is 9.59 Å². The van der Waals surface area contributed by atoms with Gasteiger partial charge in [-0.25, -0.2) is 8.42 Å². The van der Waals surface area contributed by atoms with E-state index in [4.69, 9.17) is 0 Å². The van der Waals surface area contributed by atoms with Crippen LogP contribution in [0.15, 0.2) is 53.7 Å². The zero-order chi connectivity index (χ0) is 22.7. The summed E-state index contributed by atoms with van der Waals surface area (Å²) in [6.45, 7) is 0.836. The number of aromatic nitrogens is 2. The molecule has 4 rings (SSSR count). The van der Waals surface area contributed by atoms with Crippen LogP contribution in [-0.2, 0) is 26.2 Å². The molecule has 2 aromatic heterocycles. The van der Waals surface area contributed by atoms with Gasteiger partial charge in [0.2, 0.25) is 15.9 Å². The minimum Gasteiger partial charge on any atom is -0.361 e. The van der Waals surface area contributed by atoms with Crippen molar-refractivity contribution in [2.45, 2.75) is 36.7 Å². The van der Waals surface area contributed by atoms with Crippen molar-refractivity contribution in [2.24, 2.45) is 0 Å². The van der Waals surface area contributed by atoms with Crippen molar-refractivity contribution in [3.05, 3.63) is 54.5 Å². The van der Waals surface area contributed by atoms with Gasteiger partial charge in [-0.1, -0.05) is 6.07 Å². The number of nitrogens with zero attached hydrogens (tertiary/aromatic N) is 3. The van der Waals surface area contributed by atoms with E-state index in [-0.39, 0.29) is 55.5 Å². The van der Waals surface area contributed by atoms with E-state index in [2.05, 4.69) is 15.8 Å². The summed E-state index contributed by atoms with van der Waals surface area (Å²) in [5, 5.41) is 9.77. The lowest BCUT2D eigenvalue weighted by Gasteiger charge is -2.30. The number of amides is 1. The first-order chi connectivity index (χ1) is 15.4. The number of aromatic amines is 1. The summed E-state index contributed by atoms with van der Waals surface area (Å²) in [7, 11) is -4.02. The van der Waals surface area contributed by atoms with Crippen LogP contribution in [0.5, 0.6) is 0 Å². The molecule has 1 amide bonds. The molecule has 1 saturated heterocycles. The van der Waals surface area contributed by atoms with Crippen molar-refractivity contribution in [1.29, 1.82) is 5.26 Å². The summed E-state index contributed by atoms with van der Waals surface area (Å²) >= 11 is 0. The van der Waals surface area contributed by atoms with Gasteiger partial charge in [0.25, 0.3) is 0 Å². The maximum Gasteiger partial charge on any atom is 0.241 e. The fourth-order valence-corrected chi connectivity index (χ4v) is 5.40. The van der Waals surface area contributed by atoms with Gasteiger partial charge < -0.3 is 14.5 Å². The molecule has 1 aliphatic rings. The zero-order valence-electron chi connectivity index (χ0n) is 17.3. The second kappa shape index (κ2) is 8.98. The van der Waals surface area contributed by atoms with E-state index in [1.54, 1.807) is 47.3 Å². The van der Waals surface area contributed by atoms with Crippen LogP contribution in [0.1, 0.15) is 25.0 Å². The average Bonchev–Trinajstić information content (AvgIpc) is 3.45. The molecular formula is C22H23N5O4S. The summed E-state index contributed by atoms with van der Waals surface area (Å²) in [4.78, 5) is 29.4. The molecule has 1 unspecified atom stereocenters. The molecule has 1 fully saturated rings. The molecule has 0 radical (unpaired) electrons. The van der Waals surface area contributed by atoms with Gasteiger partial charge in [0, 0.05) is 55.8 Å². The number of aryl methyl sites for hydroxylation is 1. The van der Waals surface area contributed by atoms with E-state index in [9.17, 15) is 23.3 Å². The summed E-state index contributed by atoms with van der Waals surface area (Å²) in [6, 6.07) is 11.0. The summed E-state index contributed by atoms with van der Waals surface area (Å²) in [5.41, 5.74) is 1.11. The van der Waals surface area contributed by atoms with Crippen LogP contribution in [0.4, 0.5) is 0 Å². The number of carbonyl (C=O) groups is 2. The predicted molar refractivity (Wildman–Crippen MR) is 117 cm³/mol. The third kappa shape index (κ3) is 4.44.